The lowest BCUT2D eigenvalue weighted by Gasteiger charge is -2.30. The third-order valence-corrected chi connectivity index (χ3v) is 1.89. The molecule has 0 atom stereocenters. The molecule has 0 aromatic rings. The van der Waals surface area contributed by atoms with E-state index >= 15 is 0 Å². The largest absolute Gasteiger partial charge is 0.352 e. The Labute approximate surface area is 79.9 Å². The summed E-state index contributed by atoms with van der Waals surface area (Å²) < 4.78 is 0. The molecule has 78 valence electrons. The number of amides is 2. The molecule has 5 nitrogen and oxygen atoms in total. The van der Waals surface area contributed by atoms with Gasteiger partial charge >= 0.3 is 6.03 Å². The number of carbonyl (C=O) groups excluding carboxylic acids is 1. The second-order valence-corrected chi connectivity index (χ2v) is 3.49. The minimum absolute atomic E-state index is 0.326. The Bertz CT molecular complexity index is 150. The van der Waals surface area contributed by atoms with Crippen molar-refractivity contribution in [1.29, 1.82) is 0 Å². The summed E-state index contributed by atoms with van der Waals surface area (Å²) in [7, 11) is 8.04. The fourth-order valence-corrected chi connectivity index (χ4v) is 1.30. The van der Waals surface area contributed by atoms with Gasteiger partial charge in [0, 0.05) is 6.54 Å². The predicted octanol–water partition coefficient (Wildman–Crippen LogP) is -0.506. The summed E-state index contributed by atoms with van der Waals surface area (Å²) >= 11 is 0. The van der Waals surface area contributed by atoms with E-state index in [1.807, 2.05) is 28.2 Å². The average Bonchev–Trinajstić information content (AvgIpc) is 1.95. The van der Waals surface area contributed by atoms with Gasteiger partial charge in [0.25, 0.3) is 0 Å². The van der Waals surface area contributed by atoms with Crippen molar-refractivity contribution in [2.75, 3.05) is 34.7 Å². The first kappa shape index (κ1) is 12.2. The van der Waals surface area contributed by atoms with Crippen LogP contribution in [0.1, 0.15) is 6.42 Å². The molecule has 0 aliphatic heterocycles. The summed E-state index contributed by atoms with van der Waals surface area (Å²) in [5.74, 6) is 0. The van der Waals surface area contributed by atoms with Crippen molar-refractivity contribution in [3.8, 4) is 0 Å². The van der Waals surface area contributed by atoms with Crippen LogP contribution in [0.25, 0.3) is 0 Å². The van der Waals surface area contributed by atoms with Crippen LogP contribution in [0.4, 0.5) is 4.79 Å². The van der Waals surface area contributed by atoms with Crippen LogP contribution in [0.3, 0.4) is 0 Å². The molecular formula is C8H20N4O. The third-order valence-electron chi connectivity index (χ3n) is 1.89. The smallest absolute Gasteiger partial charge is 0.312 e. The summed E-state index contributed by atoms with van der Waals surface area (Å²) in [5, 5.41) is 2.57. The molecule has 0 saturated carbocycles. The molecule has 3 N–H and O–H groups in total. The molecule has 0 spiro atoms. The van der Waals surface area contributed by atoms with Crippen LogP contribution in [0.15, 0.2) is 0 Å². The number of nitrogens with two attached hydrogens (primary N) is 1. The molecule has 0 saturated heterocycles. The molecule has 0 heterocycles. The Morgan fingerprint density at radius 3 is 2.08 bits per heavy atom. The number of hydrogen-bond acceptors (Lipinski definition) is 3. The van der Waals surface area contributed by atoms with Gasteiger partial charge in [-0.2, -0.15) is 0 Å². The highest BCUT2D eigenvalue weighted by Gasteiger charge is 2.12. The first-order valence-electron chi connectivity index (χ1n) is 4.31. The van der Waals surface area contributed by atoms with Crippen molar-refractivity contribution < 1.29 is 4.79 Å². The van der Waals surface area contributed by atoms with E-state index in [4.69, 9.17) is 5.73 Å². The van der Waals surface area contributed by atoms with Crippen LogP contribution in [-0.2, 0) is 0 Å². The summed E-state index contributed by atoms with van der Waals surface area (Å²) in [6.45, 7) is 0.607. The Balaban J connectivity index is 3.77. The molecule has 0 radical (unpaired) electrons. The van der Waals surface area contributed by atoms with Gasteiger partial charge in [-0.15, -0.1) is 0 Å². The molecule has 13 heavy (non-hydrogen) atoms. The molecule has 0 aliphatic carbocycles. The Morgan fingerprint density at radius 2 is 1.77 bits per heavy atom. The van der Waals surface area contributed by atoms with E-state index in [0.717, 1.165) is 6.42 Å². The third kappa shape index (κ3) is 5.43. The van der Waals surface area contributed by atoms with Crippen LogP contribution >= 0.6 is 0 Å². The topological polar surface area (TPSA) is 61.6 Å². The fraction of sp³-hybridized carbons (Fsp3) is 0.875. The Morgan fingerprint density at radius 1 is 1.31 bits per heavy atom. The monoisotopic (exact) mass is 188 g/mol. The number of primary amides is 1. The number of urea groups is 1. The molecule has 0 unspecified atom stereocenters. The molecule has 0 aromatic heterocycles. The van der Waals surface area contributed by atoms with Crippen LogP contribution in [0.5, 0.6) is 0 Å². The summed E-state index contributed by atoms with van der Waals surface area (Å²) in [6.07, 6.45) is 1.19. The van der Waals surface area contributed by atoms with E-state index in [0.29, 0.717) is 12.7 Å². The molecule has 0 fully saturated rings. The quantitative estimate of drug-likeness (QED) is 0.571. The summed E-state index contributed by atoms with van der Waals surface area (Å²) in [4.78, 5) is 14.6. The van der Waals surface area contributed by atoms with Crippen LogP contribution < -0.4 is 11.1 Å². The Kier molecular flexibility index (Phi) is 5.41. The van der Waals surface area contributed by atoms with Crippen molar-refractivity contribution in [3.05, 3.63) is 0 Å². The summed E-state index contributed by atoms with van der Waals surface area (Å²) in [6, 6.07) is -0.462. The van der Waals surface area contributed by atoms with E-state index < -0.39 is 6.03 Å². The Hall–Kier alpha value is -0.810. The van der Waals surface area contributed by atoms with Gasteiger partial charge in [-0.3, -0.25) is 9.80 Å². The number of nitrogens with zero attached hydrogens (tertiary/aromatic N) is 2. The van der Waals surface area contributed by atoms with E-state index in [9.17, 15) is 4.79 Å². The number of carbonyl (C=O) groups is 1. The minimum Gasteiger partial charge on any atom is -0.352 e. The number of nitrogens with one attached hydrogen (secondary N) is 1. The average molecular weight is 188 g/mol. The first-order valence-corrected chi connectivity index (χ1v) is 4.31. The van der Waals surface area contributed by atoms with Crippen molar-refractivity contribution in [2.24, 2.45) is 5.73 Å². The first-order chi connectivity index (χ1) is 5.95. The highest BCUT2D eigenvalue weighted by Crippen LogP contribution is 2.00. The second-order valence-electron chi connectivity index (χ2n) is 3.49. The SMILES string of the molecule is CN(C)C(CCNC(N)=O)N(C)C. The lowest BCUT2D eigenvalue weighted by Crippen LogP contribution is -2.43. The van der Waals surface area contributed by atoms with E-state index in [-0.39, 0.29) is 0 Å². The lowest BCUT2D eigenvalue weighted by molar-refractivity contribution is 0.121. The highest BCUT2D eigenvalue weighted by atomic mass is 16.2. The van der Waals surface area contributed by atoms with Crippen LogP contribution in [0, 0.1) is 0 Å². The van der Waals surface area contributed by atoms with E-state index in [2.05, 4.69) is 15.1 Å². The fourth-order valence-electron chi connectivity index (χ4n) is 1.30. The van der Waals surface area contributed by atoms with E-state index in [1.54, 1.807) is 0 Å². The standard InChI is InChI=1S/C8H20N4O/c1-11(2)7(12(3)4)5-6-10-8(9)13/h7H,5-6H2,1-4H3,(H3,9,10,13). The zero-order valence-electron chi connectivity index (χ0n) is 8.87. The van der Waals surface area contributed by atoms with Crippen molar-refractivity contribution in [2.45, 2.75) is 12.6 Å². The normalized spacial score (nSPS) is 11.3. The van der Waals surface area contributed by atoms with Crippen LogP contribution in [0.2, 0.25) is 0 Å². The van der Waals surface area contributed by atoms with E-state index in [1.165, 1.54) is 0 Å². The molecule has 0 aromatic carbocycles. The zero-order valence-corrected chi connectivity index (χ0v) is 8.87. The molecular weight excluding hydrogens is 168 g/mol. The highest BCUT2D eigenvalue weighted by molar-refractivity contribution is 5.71. The second kappa shape index (κ2) is 5.77. The van der Waals surface area contributed by atoms with Crippen molar-refractivity contribution in [1.82, 2.24) is 15.1 Å². The van der Waals surface area contributed by atoms with Gasteiger partial charge in [0.05, 0.1) is 6.17 Å². The van der Waals surface area contributed by atoms with Gasteiger partial charge in [0.15, 0.2) is 0 Å². The molecule has 2 amide bonds. The maximum Gasteiger partial charge on any atom is 0.312 e. The number of hydrogen-bond donors (Lipinski definition) is 2. The number of rotatable bonds is 5. The molecule has 5 heteroatoms. The van der Waals surface area contributed by atoms with Crippen molar-refractivity contribution >= 4 is 6.03 Å². The van der Waals surface area contributed by atoms with Gasteiger partial charge in [0.2, 0.25) is 0 Å². The van der Waals surface area contributed by atoms with Crippen molar-refractivity contribution in [3.63, 3.8) is 0 Å². The molecule has 0 bridgehead atoms. The van der Waals surface area contributed by atoms with Gasteiger partial charge < -0.3 is 11.1 Å². The van der Waals surface area contributed by atoms with Crippen LogP contribution in [-0.4, -0.2) is 56.7 Å². The molecule has 0 rings (SSSR count). The predicted molar refractivity (Wildman–Crippen MR) is 53.4 cm³/mol. The maximum absolute atomic E-state index is 10.4. The summed E-state index contributed by atoms with van der Waals surface area (Å²) in [5.41, 5.74) is 4.95. The molecule has 0 aliphatic rings. The van der Waals surface area contributed by atoms with Gasteiger partial charge in [0.1, 0.15) is 0 Å². The van der Waals surface area contributed by atoms with Gasteiger partial charge in [-0.1, -0.05) is 0 Å². The zero-order chi connectivity index (χ0) is 10.4. The maximum atomic E-state index is 10.4. The van der Waals surface area contributed by atoms with Gasteiger partial charge in [-0.25, -0.2) is 4.79 Å². The minimum atomic E-state index is -0.462. The lowest BCUT2D eigenvalue weighted by atomic mass is 10.3. The van der Waals surface area contributed by atoms with Gasteiger partial charge in [-0.05, 0) is 34.6 Å².